The molecule has 1 aliphatic rings. The van der Waals surface area contributed by atoms with Crippen molar-refractivity contribution in [3.05, 3.63) is 35.8 Å². The molecule has 5 nitrogen and oxygen atoms in total. The van der Waals surface area contributed by atoms with E-state index in [1.807, 2.05) is 12.3 Å². The minimum Gasteiger partial charge on any atom is -0.370 e. The van der Waals surface area contributed by atoms with Crippen LogP contribution in [0.1, 0.15) is 36.9 Å². The van der Waals surface area contributed by atoms with E-state index in [1.165, 1.54) is 31.2 Å². The average Bonchev–Trinajstić information content (AvgIpc) is 2.75. The van der Waals surface area contributed by atoms with Gasteiger partial charge in [0, 0.05) is 38.4 Å². The van der Waals surface area contributed by atoms with Gasteiger partial charge in [0.1, 0.15) is 5.65 Å². The van der Waals surface area contributed by atoms with Crippen molar-refractivity contribution in [3.63, 3.8) is 0 Å². The lowest BCUT2D eigenvalue weighted by molar-refractivity contribution is 0.428. The fourth-order valence-electron chi connectivity index (χ4n) is 3.01. The molecule has 1 saturated heterocycles. The number of rotatable bonds is 3. The Hall–Kier alpha value is -1.31. The number of imidazole rings is 1. The summed E-state index contributed by atoms with van der Waals surface area (Å²) in [5, 5.41) is 0. The first-order valence-electron chi connectivity index (χ1n) is 8.22. The SMILES string of the molecule is Cc1cccn2cc(CCN=C(N)N3CCCCCC3)nc12.I. The summed E-state index contributed by atoms with van der Waals surface area (Å²) in [6, 6.07) is 4.13. The Kier molecular flexibility index (Phi) is 6.68. The second kappa shape index (κ2) is 8.52. The summed E-state index contributed by atoms with van der Waals surface area (Å²) >= 11 is 0. The van der Waals surface area contributed by atoms with E-state index in [0.29, 0.717) is 12.5 Å². The second-order valence-electron chi connectivity index (χ2n) is 6.05. The average molecular weight is 427 g/mol. The number of nitrogens with two attached hydrogens (primary N) is 1. The summed E-state index contributed by atoms with van der Waals surface area (Å²) in [7, 11) is 0. The van der Waals surface area contributed by atoms with Gasteiger partial charge in [-0.25, -0.2) is 4.98 Å². The maximum Gasteiger partial charge on any atom is 0.191 e. The van der Waals surface area contributed by atoms with Crippen molar-refractivity contribution in [3.8, 4) is 0 Å². The second-order valence-corrected chi connectivity index (χ2v) is 6.05. The lowest BCUT2D eigenvalue weighted by Crippen LogP contribution is -2.38. The number of guanidine groups is 1. The van der Waals surface area contributed by atoms with Crippen LogP contribution in [0.5, 0.6) is 0 Å². The number of nitrogens with zero attached hydrogens (tertiary/aromatic N) is 4. The summed E-state index contributed by atoms with van der Waals surface area (Å²) < 4.78 is 2.08. The van der Waals surface area contributed by atoms with Gasteiger partial charge < -0.3 is 15.0 Å². The molecule has 0 spiro atoms. The van der Waals surface area contributed by atoms with E-state index in [-0.39, 0.29) is 24.0 Å². The lowest BCUT2D eigenvalue weighted by atomic mass is 10.2. The Morgan fingerprint density at radius 2 is 2.00 bits per heavy atom. The molecule has 0 aromatic carbocycles. The van der Waals surface area contributed by atoms with Gasteiger partial charge in [-0.3, -0.25) is 4.99 Å². The van der Waals surface area contributed by atoms with Crippen LogP contribution in [0, 0.1) is 6.92 Å². The van der Waals surface area contributed by atoms with Crippen LogP contribution in [0.3, 0.4) is 0 Å². The predicted octanol–water partition coefficient (Wildman–Crippen LogP) is 2.99. The minimum atomic E-state index is 0. The number of aromatic nitrogens is 2. The highest BCUT2D eigenvalue weighted by Crippen LogP contribution is 2.11. The van der Waals surface area contributed by atoms with E-state index in [9.17, 15) is 0 Å². The number of hydrogen-bond acceptors (Lipinski definition) is 2. The summed E-state index contributed by atoms with van der Waals surface area (Å²) in [5.41, 5.74) is 9.43. The highest BCUT2D eigenvalue weighted by Gasteiger charge is 2.10. The Morgan fingerprint density at radius 3 is 2.70 bits per heavy atom. The van der Waals surface area contributed by atoms with Crippen LogP contribution in [0.25, 0.3) is 5.65 Å². The highest BCUT2D eigenvalue weighted by molar-refractivity contribution is 14.0. The van der Waals surface area contributed by atoms with Crippen LogP contribution in [0.4, 0.5) is 0 Å². The van der Waals surface area contributed by atoms with Gasteiger partial charge in [-0.05, 0) is 31.4 Å². The first-order chi connectivity index (χ1) is 10.7. The van der Waals surface area contributed by atoms with Crippen molar-refractivity contribution in [1.29, 1.82) is 0 Å². The van der Waals surface area contributed by atoms with E-state index in [0.717, 1.165) is 30.9 Å². The molecule has 0 saturated carbocycles. The van der Waals surface area contributed by atoms with Gasteiger partial charge in [-0.15, -0.1) is 24.0 Å². The molecule has 126 valence electrons. The number of likely N-dealkylation sites (tertiary alicyclic amines) is 1. The van der Waals surface area contributed by atoms with Gasteiger partial charge in [0.15, 0.2) is 5.96 Å². The number of pyridine rings is 1. The Balaban J connectivity index is 0.00000192. The van der Waals surface area contributed by atoms with Crippen LogP contribution < -0.4 is 5.73 Å². The molecule has 1 aliphatic heterocycles. The molecule has 6 heteroatoms. The Morgan fingerprint density at radius 1 is 1.26 bits per heavy atom. The van der Waals surface area contributed by atoms with Crippen LogP contribution in [0.2, 0.25) is 0 Å². The summed E-state index contributed by atoms with van der Waals surface area (Å²) in [6.45, 7) is 4.87. The fraction of sp³-hybridized carbons (Fsp3) is 0.529. The maximum absolute atomic E-state index is 6.13. The normalized spacial score (nSPS) is 16.2. The van der Waals surface area contributed by atoms with Gasteiger partial charge in [-0.2, -0.15) is 0 Å². The molecule has 2 aromatic heterocycles. The first kappa shape index (κ1) is 18.0. The third kappa shape index (κ3) is 4.59. The van der Waals surface area contributed by atoms with Crippen LogP contribution in [-0.2, 0) is 6.42 Å². The molecule has 0 atom stereocenters. The third-order valence-electron chi connectivity index (χ3n) is 4.30. The smallest absolute Gasteiger partial charge is 0.191 e. The zero-order chi connectivity index (χ0) is 15.4. The van der Waals surface area contributed by atoms with E-state index >= 15 is 0 Å². The van der Waals surface area contributed by atoms with Crippen molar-refractivity contribution in [2.45, 2.75) is 39.0 Å². The molecular weight excluding hydrogens is 401 g/mol. The minimum absolute atomic E-state index is 0. The standard InChI is InChI=1S/C17H25N5.HI/c1-14-7-6-12-22-13-15(20-16(14)22)8-9-19-17(18)21-10-4-2-3-5-11-21;/h6-7,12-13H,2-5,8-11H2,1H3,(H2,18,19);1H. The quantitative estimate of drug-likeness (QED) is 0.466. The number of aliphatic imine (C=N–C) groups is 1. The van der Waals surface area contributed by atoms with Crippen molar-refractivity contribution >= 4 is 35.6 Å². The van der Waals surface area contributed by atoms with Crippen molar-refractivity contribution in [1.82, 2.24) is 14.3 Å². The lowest BCUT2D eigenvalue weighted by Gasteiger charge is -2.20. The number of halogens is 1. The van der Waals surface area contributed by atoms with Gasteiger partial charge in [0.05, 0.1) is 5.69 Å². The molecule has 2 aromatic rings. The van der Waals surface area contributed by atoms with Crippen molar-refractivity contribution < 1.29 is 0 Å². The molecule has 0 bridgehead atoms. The zero-order valence-corrected chi connectivity index (χ0v) is 16.1. The fourth-order valence-corrected chi connectivity index (χ4v) is 3.01. The molecule has 0 amide bonds. The van der Waals surface area contributed by atoms with Gasteiger partial charge in [0.2, 0.25) is 0 Å². The molecule has 0 unspecified atom stereocenters. The number of fused-ring (bicyclic) bond motifs is 1. The van der Waals surface area contributed by atoms with Crippen LogP contribution in [-0.4, -0.2) is 39.9 Å². The largest absolute Gasteiger partial charge is 0.370 e. The van der Waals surface area contributed by atoms with E-state index < -0.39 is 0 Å². The first-order valence-corrected chi connectivity index (χ1v) is 8.22. The highest BCUT2D eigenvalue weighted by atomic mass is 127. The molecule has 1 fully saturated rings. The maximum atomic E-state index is 6.13. The predicted molar refractivity (Wildman–Crippen MR) is 106 cm³/mol. The van der Waals surface area contributed by atoms with Crippen LogP contribution >= 0.6 is 24.0 Å². The molecular formula is C17H26IN5. The van der Waals surface area contributed by atoms with E-state index in [4.69, 9.17) is 5.73 Å². The Labute approximate surface area is 155 Å². The van der Waals surface area contributed by atoms with E-state index in [2.05, 4.69) is 38.5 Å². The zero-order valence-electron chi connectivity index (χ0n) is 13.7. The molecule has 3 heterocycles. The van der Waals surface area contributed by atoms with Crippen molar-refractivity contribution in [2.24, 2.45) is 10.7 Å². The molecule has 23 heavy (non-hydrogen) atoms. The summed E-state index contributed by atoms with van der Waals surface area (Å²) in [6.07, 6.45) is 10.0. The third-order valence-corrected chi connectivity index (χ3v) is 4.30. The summed E-state index contributed by atoms with van der Waals surface area (Å²) in [5.74, 6) is 0.696. The summed E-state index contributed by atoms with van der Waals surface area (Å²) in [4.78, 5) is 11.4. The Bertz CT molecular complexity index is 656. The molecule has 0 aliphatic carbocycles. The van der Waals surface area contributed by atoms with Crippen LogP contribution in [0.15, 0.2) is 29.5 Å². The number of hydrogen-bond donors (Lipinski definition) is 1. The molecule has 3 rings (SSSR count). The topological polar surface area (TPSA) is 58.9 Å². The van der Waals surface area contributed by atoms with Crippen molar-refractivity contribution in [2.75, 3.05) is 19.6 Å². The van der Waals surface area contributed by atoms with Gasteiger partial charge in [0.25, 0.3) is 0 Å². The van der Waals surface area contributed by atoms with Gasteiger partial charge in [-0.1, -0.05) is 18.9 Å². The molecule has 0 radical (unpaired) electrons. The van der Waals surface area contributed by atoms with E-state index in [1.54, 1.807) is 0 Å². The van der Waals surface area contributed by atoms with Gasteiger partial charge >= 0.3 is 0 Å². The monoisotopic (exact) mass is 427 g/mol. The number of aryl methyl sites for hydroxylation is 1. The molecule has 2 N–H and O–H groups in total.